The third kappa shape index (κ3) is 4.38. The number of pyridine rings is 1. The minimum Gasteiger partial charge on any atom is -0.456 e. The predicted molar refractivity (Wildman–Crippen MR) is 209 cm³/mol. The molecule has 52 heavy (non-hydrogen) atoms. The maximum absolute atomic E-state index is 6.42. The number of hydrogen-bond donors (Lipinski definition) is 0. The van der Waals surface area contributed by atoms with Crippen LogP contribution in [0.5, 0.6) is 0 Å². The van der Waals surface area contributed by atoms with E-state index in [2.05, 4.69) is 84.9 Å². The second-order valence-electron chi connectivity index (χ2n) is 13.0. The van der Waals surface area contributed by atoms with Gasteiger partial charge in [0.15, 0.2) is 17.5 Å². The van der Waals surface area contributed by atoms with Crippen LogP contribution in [0.25, 0.3) is 111 Å². The van der Waals surface area contributed by atoms with E-state index in [0.29, 0.717) is 17.5 Å². The molecule has 242 valence electrons. The van der Waals surface area contributed by atoms with Crippen LogP contribution in [0.4, 0.5) is 0 Å². The van der Waals surface area contributed by atoms with Gasteiger partial charge >= 0.3 is 0 Å². The zero-order valence-corrected chi connectivity index (χ0v) is 27.6. The minimum absolute atomic E-state index is 0.581. The lowest BCUT2D eigenvalue weighted by Gasteiger charge is -2.13. The highest BCUT2D eigenvalue weighted by atomic mass is 16.3. The van der Waals surface area contributed by atoms with Crippen molar-refractivity contribution in [3.8, 4) is 45.4 Å². The van der Waals surface area contributed by atoms with Crippen LogP contribution in [-0.2, 0) is 0 Å². The maximum atomic E-state index is 6.42. The Kier molecular flexibility index (Phi) is 6.15. The molecule has 0 aliphatic heterocycles. The molecule has 6 nitrogen and oxygen atoms in total. The summed E-state index contributed by atoms with van der Waals surface area (Å²) in [6.07, 6.45) is 1.83. The van der Waals surface area contributed by atoms with Crippen LogP contribution in [0.1, 0.15) is 0 Å². The van der Waals surface area contributed by atoms with Gasteiger partial charge in [-0.15, -0.1) is 0 Å². The highest BCUT2D eigenvalue weighted by molar-refractivity contribution is 6.17. The first kappa shape index (κ1) is 28.6. The monoisotopic (exact) mass is 666 g/mol. The van der Waals surface area contributed by atoms with Crippen LogP contribution in [0.15, 0.2) is 167 Å². The van der Waals surface area contributed by atoms with Gasteiger partial charge in [0.25, 0.3) is 0 Å². The normalized spacial score (nSPS) is 11.8. The molecule has 0 aliphatic carbocycles. The van der Waals surface area contributed by atoms with Crippen LogP contribution in [-0.4, -0.2) is 19.9 Å². The fraction of sp³-hybridized carbons (Fsp3) is 0. The van der Waals surface area contributed by atoms with Crippen molar-refractivity contribution in [2.75, 3.05) is 0 Å². The highest BCUT2D eigenvalue weighted by Crippen LogP contribution is 2.41. The lowest BCUT2D eigenvalue weighted by atomic mass is 9.95. The fourth-order valence-corrected chi connectivity index (χ4v) is 7.62. The zero-order valence-electron chi connectivity index (χ0n) is 27.6. The van der Waals surface area contributed by atoms with Crippen molar-refractivity contribution in [2.24, 2.45) is 0 Å². The summed E-state index contributed by atoms with van der Waals surface area (Å²) in [5, 5.41) is 8.40. The number of hydrogen-bond acceptors (Lipinski definition) is 6. The first-order chi connectivity index (χ1) is 25.8. The van der Waals surface area contributed by atoms with Gasteiger partial charge in [0.05, 0.1) is 11.1 Å². The van der Waals surface area contributed by atoms with Gasteiger partial charge in [-0.2, -0.15) is 0 Å². The maximum Gasteiger partial charge on any atom is 0.164 e. The Hall–Kier alpha value is -7.18. The van der Waals surface area contributed by atoms with Crippen LogP contribution in [0.2, 0.25) is 0 Å². The number of fused-ring (bicyclic) bond motifs is 8. The molecule has 6 heteroatoms. The molecule has 11 aromatic rings. The molecule has 0 radical (unpaired) electrons. The summed E-state index contributed by atoms with van der Waals surface area (Å²) in [6, 6.07) is 51.5. The molecule has 0 aliphatic rings. The number of rotatable bonds is 4. The van der Waals surface area contributed by atoms with Crippen molar-refractivity contribution in [3.05, 3.63) is 158 Å². The summed E-state index contributed by atoms with van der Waals surface area (Å²) in [5.41, 5.74) is 7.84. The number of aromatic nitrogens is 4. The molecule has 0 amide bonds. The molecule has 4 aromatic heterocycles. The summed E-state index contributed by atoms with van der Waals surface area (Å²) in [4.78, 5) is 20.4. The van der Waals surface area contributed by atoms with Gasteiger partial charge in [0, 0.05) is 44.6 Å². The van der Waals surface area contributed by atoms with Gasteiger partial charge in [-0.25, -0.2) is 15.0 Å². The quantitative estimate of drug-likeness (QED) is 0.186. The van der Waals surface area contributed by atoms with Crippen molar-refractivity contribution in [2.45, 2.75) is 0 Å². The van der Waals surface area contributed by atoms with Crippen LogP contribution < -0.4 is 0 Å². The van der Waals surface area contributed by atoms with Crippen molar-refractivity contribution >= 4 is 65.4 Å². The molecule has 7 aromatic carbocycles. The Balaban J connectivity index is 1.15. The topological polar surface area (TPSA) is 77.8 Å². The van der Waals surface area contributed by atoms with E-state index >= 15 is 0 Å². The summed E-state index contributed by atoms with van der Waals surface area (Å²) >= 11 is 0. The van der Waals surface area contributed by atoms with Crippen molar-refractivity contribution in [3.63, 3.8) is 0 Å². The fourth-order valence-electron chi connectivity index (χ4n) is 7.62. The lowest BCUT2D eigenvalue weighted by Crippen LogP contribution is -2.01. The van der Waals surface area contributed by atoms with Gasteiger partial charge in [-0.3, -0.25) is 4.98 Å². The second-order valence-corrected chi connectivity index (χ2v) is 13.0. The summed E-state index contributed by atoms with van der Waals surface area (Å²) in [5.74, 6) is 1.77. The van der Waals surface area contributed by atoms with E-state index in [1.54, 1.807) is 0 Å². The third-order valence-corrected chi connectivity index (χ3v) is 9.98. The smallest absolute Gasteiger partial charge is 0.164 e. The molecule has 0 saturated carbocycles. The molecule has 0 fully saturated rings. The van der Waals surface area contributed by atoms with Crippen LogP contribution in [0, 0.1) is 0 Å². The van der Waals surface area contributed by atoms with Gasteiger partial charge in [0.1, 0.15) is 22.3 Å². The van der Waals surface area contributed by atoms with Crippen molar-refractivity contribution in [1.82, 2.24) is 19.9 Å². The Morgan fingerprint density at radius 1 is 0.365 bits per heavy atom. The largest absolute Gasteiger partial charge is 0.456 e. The molecule has 11 rings (SSSR count). The molecule has 0 bridgehead atoms. The average Bonchev–Trinajstić information content (AvgIpc) is 3.77. The van der Waals surface area contributed by atoms with E-state index in [1.165, 1.54) is 0 Å². The van der Waals surface area contributed by atoms with Crippen LogP contribution in [0.3, 0.4) is 0 Å². The zero-order chi connectivity index (χ0) is 34.2. The second kappa shape index (κ2) is 11.2. The van der Waals surface area contributed by atoms with Gasteiger partial charge in [-0.1, -0.05) is 121 Å². The van der Waals surface area contributed by atoms with Crippen molar-refractivity contribution in [1.29, 1.82) is 0 Å². The molecule has 0 atom stereocenters. The Bertz CT molecular complexity index is 3200. The van der Waals surface area contributed by atoms with Gasteiger partial charge in [-0.05, 0) is 51.9 Å². The number of nitrogens with zero attached hydrogens (tertiary/aromatic N) is 4. The molecule has 0 unspecified atom stereocenters. The van der Waals surface area contributed by atoms with Crippen LogP contribution >= 0.6 is 0 Å². The first-order valence-corrected chi connectivity index (χ1v) is 17.2. The van der Waals surface area contributed by atoms with E-state index in [0.717, 1.165) is 93.4 Å². The molecule has 0 N–H and O–H groups in total. The minimum atomic E-state index is 0.581. The first-order valence-electron chi connectivity index (χ1n) is 17.2. The van der Waals surface area contributed by atoms with Crippen molar-refractivity contribution < 1.29 is 8.83 Å². The molecule has 0 saturated heterocycles. The van der Waals surface area contributed by atoms with E-state index in [1.807, 2.05) is 72.9 Å². The number of para-hydroxylation sites is 1. The Morgan fingerprint density at radius 2 is 0.962 bits per heavy atom. The van der Waals surface area contributed by atoms with Gasteiger partial charge < -0.3 is 8.83 Å². The highest BCUT2D eigenvalue weighted by Gasteiger charge is 2.21. The number of furan rings is 2. The average molecular weight is 667 g/mol. The SMILES string of the molecule is c1ccc(-c2nc(-c3cccc4c(-c5nccc6oc7cc8ccccc8cc7c56)cccc34)nc(-c3cccc4oc5ccccc5c34)n2)cc1. The summed E-state index contributed by atoms with van der Waals surface area (Å²) in [7, 11) is 0. The molecular weight excluding hydrogens is 641 g/mol. The van der Waals surface area contributed by atoms with E-state index in [-0.39, 0.29) is 0 Å². The van der Waals surface area contributed by atoms with Gasteiger partial charge in [0.2, 0.25) is 0 Å². The standard InChI is InChI=1S/C46H26N4O2/c1-2-11-27(12-3-1)44-48-45(50-46(49-44)35-20-10-22-38-41(35)34-15-6-7-21-37(34)51-38)33-19-9-16-30-31(33)17-8-18-32(30)43-42-36-25-28-13-4-5-14-29(28)26-40(36)52-39(42)23-24-47-43/h1-26H. The number of benzene rings is 7. The summed E-state index contributed by atoms with van der Waals surface area (Å²) < 4.78 is 12.7. The lowest BCUT2D eigenvalue weighted by molar-refractivity contribution is 0.668. The van der Waals surface area contributed by atoms with E-state index in [4.69, 9.17) is 28.8 Å². The third-order valence-electron chi connectivity index (χ3n) is 9.98. The molecule has 4 heterocycles. The van der Waals surface area contributed by atoms with E-state index < -0.39 is 0 Å². The van der Waals surface area contributed by atoms with E-state index in [9.17, 15) is 0 Å². The Labute approximate surface area is 296 Å². The Morgan fingerprint density at radius 3 is 1.83 bits per heavy atom. The molecular formula is C46H26N4O2. The summed E-state index contributed by atoms with van der Waals surface area (Å²) in [6.45, 7) is 0. The predicted octanol–water partition coefficient (Wildman–Crippen LogP) is 12.0. The molecule has 0 spiro atoms.